The van der Waals surface area contributed by atoms with Crippen LogP contribution >= 0.6 is 0 Å². The van der Waals surface area contributed by atoms with E-state index in [0.717, 1.165) is 38.5 Å². The molecular weight excluding hydrogens is 218 g/mol. The van der Waals surface area contributed by atoms with E-state index >= 15 is 0 Å². The first-order valence-electron chi connectivity index (χ1n) is 5.88. The molecular formula is C11H19N5O. The maximum absolute atomic E-state index is 5.78. The summed E-state index contributed by atoms with van der Waals surface area (Å²) < 4.78 is 5.28. The summed E-state index contributed by atoms with van der Waals surface area (Å²) in [5.41, 5.74) is 5.78. The van der Waals surface area contributed by atoms with Gasteiger partial charge >= 0.3 is 0 Å². The fraction of sp³-hybridized carbons (Fsp3) is 0.636. The van der Waals surface area contributed by atoms with E-state index < -0.39 is 0 Å². The van der Waals surface area contributed by atoms with Crippen LogP contribution in [0.4, 0.5) is 11.6 Å². The number of anilines is 2. The summed E-state index contributed by atoms with van der Waals surface area (Å²) >= 11 is 0. The van der Waals surface area contributed by atoms with E-state index in [-0.39, 0.29) is 0 Å². The fourth-order valence-electron chi connectivity index (χ4n) is 2.07. The molecule has 0 saturated carbocycles. The molecule has 2 heterocycles. The normalized spacial score (nSPS) is 17.2. The number of hydrogen-bond acceptors (Lipinski definition) is 6. The van der Waals surface area contributed by atoms with Gasteiger partial charge in [0, 0.05) is 26.2 Å². The molecule has 17 heavy (non-hydrogen) atoms. The van der Waals surface area contributed by atoms with Crippen molar-refractivity contribution in [2.75, 3.05) is 50.5 Å². The Morgan fingerprint density at radius 1 is 1.29 bits per heavy atom. The molecule has 1 aliphatic rings. The predicted octanol–water partition coefficient (Wildman–Crippen LogP) is 0.209. The second-order valence-electron chi connectivity index (χ2n) is 4.04. The van der Waals surface area contributed by atoms with Crippen LogP contribution in [0, 0.1) is 0 Å². The Hall–Kier alpha value is -1.56. The van der Waals surface area contributed by atoms with Gasteiger partial charge in [-0.15, -0.1) is 0 Å². The van der Waals surface area contributed by atoms with Crippen LogP contribution in [0.1, 0.15) is 6.92 Å². The number of nitrogens with zero attached hydrogens (tertiary/aromatic N) is 4. The molecule has 0 bridgehead atoms. The number of likely N-dealkylation sites (N-methyl/N-ethyl adjacent to an activating group) is 1. The van der Waals surface area contributed by atoms with E-state index in [4.69, 9.17) is 10.5 Å². The number of nitrogen functional groups attached to an aromatic ring is 1. The molecule has 1 saturated heterocycles. The lowest BCUT2D eigenvalue weighted by Crippen LogP contribution is -2.46. The highest BCUT2D eigenvalue weighted by Crippen LogP contribution is 2.30. The Kier molecular flexibility index (Phi) is 3.63. The Labute approximate surface area is 101 Å². The molecule has 1 aliphatic heterocycles. The van der Waals surface area contributed by atoms with Crippen LogP contribution in [0.3, 0.4) is 0 Å². The molecule has 1 aromatic heterocycles. The van der Waals surface area contributed by atoms with Crippen LogP contribution in [0.5, 0.6) is 5.75 Å². The van der Waals surface area contributed by atoms with Crippen molar-refractivity contribution < 1.29 is 4.74 Å². The van der Waals surface area contributed by atoms with Crippen LogP contribution in [0.2, 0.25) is 0 Å². The lowest BCUT2D eigenvalue weighted by Gasteiger charge is -2.35. The topological polar surface area (TPSA) is 67.5 Å². The molecule has 0 unspecified atom stereocenters. The van der Waals surface area contributed by atoms with Gasteiger partial charge in [-0.2, -0.15) is 0 Å². The molecule has 2 rings (SSSR count). The lowest BCUT2D eigenvalue weighted by molar-refractivity contribution is 0.269. The summed E-state index contributed by atoms with van der Waals surface area (Å²) in [4.78, 5) is 12.8. The number of hydrogen-bond donors (Lipinski definition) is 1. The summed E-state index contributed by atoms with van der Waals surface area (Å²) in [5.74, 6) is 1.78. The smallest absolute Gasteiger partial charge is 0.204 e. The molecule has 0 aliphatic carbocycles. The lowest BCUT2D eigenvalue weighted by atomic mass is 10.3. The second-order valence-corrected chi connectivity index (χ2v) is 4.04. The van der Waals surface area contributed by atoms with Gasteiger partial charge in [0.15, 0.2) is 11.6 Å². The SMILES string of the molecule is CCN1CCN(c2ncnc(N)c2OC)CC1. The molecule has 0 aromatic carbocycles. The number of ether oxygens (including phenoxy) is 1. The van der Waals surface area contributed by atoms with Gasteiger partial charge in [0.2, 0.25) is 5.75 Å². The van der Waals surface area contributed by atoms with Gasteiger partial charge in [-0.3, -0.25) is 0 Å². The van der Waals surface area contributed by atoms with Gasteiger partial charge in [-0.05, 0) is 6.54 Å². The molecule has 94 valence electrons. The average molecular weight is 237 g/mol. The van der Waals surface area contributed by atoms with Crippen LogP contribution in [0.25, 0.3) is 0 Å². The Bertz CT molecular complexity index is 376. The van der Waals surface area contributed by atoms with Crippen LogP contribution in [0.15, 0.2) is 6.33 Å². The maximum Gasteiger partial charge on any atom is 0.204 e. The average Bonchev–Trinajstić information content (AvgIpc) is 2.38. The molecule has 1 aromatic rings. The van der Waals surface area contributed by atoms with Gasteiger partial charge in [0.25, 0.3) is 0 Å². The van der Waals surface area contributed by atoms with Crippen molar-refractivity contribution >= 4 is 11.6 Å². The zero-order valence-corrected chi connectivity index (χ0v) is 10.4. The summed E-state index contributed by atoms with van der Waals surface area (Å²) in [5, 5.41) is 0. The van der Waals surface area contributed by atoms with E-state index in [1.54, 1.807) is 7.11 Å². The van der Waals surface area contributed by atoms with E-state index in [2.05, 4.69) is 26.7 Å². The Balaban J connectivity index is 2.15. The van der Waals surface area contributed by atoms with Crippen molar-refractivity contribution in [1.29, 1.82) is 0 Å². The first-order valence-corrected chi connectivity index (χ1v) is 5.88. The molecule has 0 atom stereocenters. The van der Waals surface area contributed by atoms with E-state index in [1.165, 1.54) is 6.33 Å². The van der Waals surface area contributed by atoms with Crippen molar-refractivity contribution in [2.45, 2.75) is 6.92 Å². The third-order valence-corrected chi connectivity index (χ3v) is 3.14. The summed E-state index contributed by atoms with van der Waals surface area (Å²) in [6, 6.07) is 0. The predicted molar refractivity (Wildman–Crippen MR) is 67.3 cm³/mol. The minimum atomic E-state index is 0.399. The Morgan fingerprint density at radius 3 is 2.59 bits per heavy atom. The summed E-state index contributed by atoms with van der Waals surface area (Å²) in [6.07, 6.45) is 1.49. The number of rotatable bonds is 3. The number of piperazine rings is 1. The largest absolute Gasteiger partial charge is 0.490 e. The van der Waals surface area contributed by atoms with Gasteiger partial charge in [-0.25, -0.2) is 9.97 Å². The highest BCUT2D eigenvalue weighted by Gasteiger charge is 2.21. The van der Waals surface area contributed by atoms with Crippen molar-refractivity contribution in [3.8, 4) is 5.75 Å². The first-order chi connectivity index (χ1) is 8.26. The third-order valence-electron chi connectivity index (χ3n) is 3.14. The highest BCUT2D eigenvalue weighted by molar-refractivity contribution is 5.62. The van der Waals surface area contributed by atoms with Crippen molar-refractivity contribution in [3.05, 3.63) is 6.33 Å². The minimum Gasteiger partial charge on any atom is -0.490 e. The summed E-state index contributed by atoms with van der Waals surface area (Å²) in [6.45, 7) is 7.25. The number of aromatic nitrogens is 2. The van der Waals surface area contributed by atoms with Gasteiger partial charge in [0.1, 0.15) is 6.33 Å². The maximum atomic E-state index is 5.78. The molecule has 6 nitrogen and oxygen atoms in total. The van der Waals surface area contributed by atoms with Crippen molar-refractivity contribution in [2.24, 2.45) is 0 Å². The summed E-state index contributed by atoms with van der Waals surface area (Å²) in [7, 11) is 1.60. The monoisotopic (exact) mass is 237 g/mol. The molecule has 2 N–H and O–H groups in total. The minimum absolute atomic E-state index is 0.399. The molecule has 0 spiro atoms. The zero-order chi connectivity index (χ0) is 12.3. The molecule has 0 radical (unpaired) electrons. The number of methoxy groups -OCH3 is 1. The fourth-order valence-corrected chi connectivity index (χ4v) is 2.07. The third kappa shape index (κ3) is 2.41. The second kappa shape index (κ2) is 5.18. The number of nitrogens with two attached hydrogens (primary N) is 1. The van der Waals surface area contributed by atoms with Crippen LogP contribution in [-0.2, 0) is 0 Å². The van der Waals surface area contributed by atoms with Crippen molar-refractivity contribution in [1.82, 2.24) is 14.9 Å². The van der Waals surface area contributed by atoms with Crippen LogP contribution in [-0.4, -0.2) is 54.7 Å². The van der Waals surface area contributed by atoms with E-state index in [1.807, 2.05) is 0 Å². The van der Waals surface area contributed by atoms with E-state index in [0.29, 0.717) is 11.6 Å². The highest BCUT2D eigenvalue weighted by atomic mass is 16.5. The van der Waals surface area contributed by atoms with E-state index in [9.17, 15) is 0 Å². The van der Waals surface area contributed by atoms with Gasteiger partial charge in [0.05, 0.1) is 7.11 Å². The van der Waals surface area contributed by atoms with Crippen LogP contribution < -0.4 is 15.4 Å². The molecule has 1 fully saturated rings. The quantitative estimate of drug-likeness (QED) is 0.810. The zero-order valence-electron chi connectivity index (χ0n) is 10.4. The van der Waals surface area contributed by atoms with Gasteiger partial charge < -0.3 is 20.3 Å². The molecule has 0 amide bonds. The first kappa shape index (κ1) is 11.9. The van der Waals surface area contributed by atoms with Gasteiger partial charge in [-0.1, -0.05) is 6.92 Å². The standard InChI is InChI=1S/C11H19N5O/c1-3-15-4-6-16(7-5-15)11-9(17-2)10(12)13-8-14-11/h8H,3-7H2,1-2H3,(H2,12,13,14). The Morgan fingerprint density at radius 2 is 2.00 bits per heavy atom. The molecule has 6 heteroatoms. The van der Waals surface area contributed by atoms with Crippen molar-refractivity contribution in [3.63, 3.8) is 0 Å².